The largest absolute Gasteiger partial charge is 0.493 e. The van der Waals surface area contributed by atoms with Crippen molar-refractivity contribution in [3.05, 3.63) is 66.2 Å². The van der Waals surface area contributed by atoms with Crippen LogP contribution in [0.2, 0.25) is 0 Å². The summed E-state index contributed by atoms with van der Waals surface area (Å²) in [5, 5.41) is 6.69. The van der Waals surface area contributed by atoms with Crippen molar-refractivity contribution in [2.24, 2.45) is 4.99 Å². The molecule has 2 N–H and O–H groups in total. The molecule has 1 unspecified atom stereocenters. The molecule has 2 aromatic rings. The molecule has 0 fully saturated rings. The molecule has 0 saturated heterocycles. The van der Waals surface area contributed by atoms with Crippen LogP contribution in [0.1, 0.15) is 12.5 Å². The predicted molar refractivity (Wildman–Crippen MR) is 119 cm³/mol. The SMILES string of the molecule is CN=C(NCc1cccc(N2CC=CC2)c1)NCC(C)Oc1ccccc1OC. The lowest BCUT2D eigenvalue weighted by molar-refractivity contribution is 0.213. The topological polar surface area (TPSA) is 58.1 Å². The van der Waals surface area contributed by atoms with Crippen molar-refractivity contribution in [3.8, 4) is 11.5 Å². The number of hydrogen-bond donors (Lipinski definition) is 2. The number of rotatable bonds is 8. The molecule has 0 aromatic heterocycles. The van der Waals surface area contributed by atoms with Gasteiger partial charge in [0.1, 0.15) is 6.10 Å². The van der Waals surface area contributed by atoms with E-state index < -0.39 is 0 Å². The van der Waals surface area contributed by atoms with Gasteiger partial charge in [-0.25, -0.2) is 0 Å². The maximum absolute atomic E-state index is 5.99. The average molecular weight is 395 g/mol. The van der Waals surface area contributed by atoms with Crippen LogP contribution in [-0.2, 0) is 6.54 Å². The first kappa shape index (κ1) is 20.6. The maximum Gasteiger partial charge on any atom is 0.191 e. The summed E-state index contributed by atoms with van der Waals surface area (Å²) in [5.41, 5.74) is 2.46. The molecular weight excluding hydrogens is 364 g/mol. The van der Waals surface area contributed by atoms with Gasteiger partial charge in [0.15, 0.2) is 17.5 Å². The molecule has 154 valence electrons. The predicted octanol–water partition coefficient (Wildman–Crippen LogP) is 3.20. The summed E-state index contributed by atoms with van der Waals surface area (Å²) in [7, 11) is 3.42. The van der Waals surface area contributed by atoms with Gasteiger partial charge in [-0.15, -0.1) is 0 Å². The van der Waals surface area contributed by atoms with Crippen LogP contribution in [0, 0.1) is 0 Å². The number of guanidine groups is 1. The first-order valence-corrected chi connectivity index (χ1v) is 9.92. The van der Waals surface area contributed by atoms with Gasteiger partial charge >= 0.3 is 0 Å². The van der Waals surface area contributed by atoms with Crippen LogP contribution in [-0.4, -0.2) is 45.9 Å². The van der Waals surface area contributed by atoms with Crippen molar-refractivity contribution in [3.63, 3.8) is 0 Å². The van der Waals surface area contributed by atoms with Gasteiger partial charge < -0.3 is 25.0 Å². The van der Waals surface area contributed by atoms with Gasteiger partial charge in [-0.1, -0.05) is 36.4 Å². The lowest BCUT2D eigenvalue weighted by Gasteiger charge is -2.20. The Hall–Kier alpha value is -3.15. The smallest absolute Gasteiger partial charge is 0.191 e. The summed E-state index contributed by atoms with van der Waals surface area (Å²) in [6, 6.07) is 16.3. The van der Waals surface area contributed by atoms with Gasteiger partial charge in [0, 0.05) is 32.4 Å². The van der Waals surface area contributed by atoms with Crippen LogP contribution in [0.5, 0.6) is 11.5 Å². The summed E-state index contributed by atoms with van der Waals surface area (Å²) < 4.78 is 11.3. The number of benzene rings is 2. The van der Waals surface area contributed by atoms with E-state index in [4.69, 9.17) is 9.47 Å². The minimum Gasteiger partial charge on any atom is -0.493 e. The number of ether oxygens (including phenoxy) is 2. The van der Waals surface area contributed by atoms with Crippen LogP contribution in [0.3, 0.4) is 0 Å². The Kier molecular flexibility index (Phi) is 7.39. The molecule has 0 saturated carbocycles. The minimum absolute atomic E-state index is 0.0455. The average Bonchev–Trinajstić information content (AvgIpc) is 3.29. The number of para-hydroxylation sites is 2. The molecule has 0 spiro atoms. The molecule has 0 aliphatic carbocycles. The lowest BCUT2D eigenvalue weighted by atomic mass is 10.2. The zero-order valence-corrected chi connectivity index (χ0v) is 17.4. The standard InChI is InChI=1S/C23H30N4O2/c1-18(29-22-12-5-4-11-21(22)28-3)16-25-23(24-2)26-17-19-9-8-10-20(15-19)27-13-6-7-14-27/h4-12,15,18H,13-14,16-17H2,1-3H3,(H2,24,25,26). The third-order valence-corrected chi connectivity index (χ3v) is 4.73. The van der Waals surface area contributed by atoms with E-state index in [1.165, 1.54) is 11.3 Å². The van der Waals surface area contributed by atoms with Gasteiger partial charge in [0.05, 0.1) is 13.7 Å². The fraction of sp³-hybridized carbons (Fsp3) is 0.348. The Morgan fingerprint density at radius 1 is 1.07 bits per heavy atom. The zero-order valence-electron chi connectivity index (χ0n) is 17.4. The van der Waals surface area contributed by atoms with E-state index in [-0.39, 0.29) is 6.10 Å². The quantitative estimate of drug-likeness (QED) is 0.409. The minimum atomic E-state index is -0.0455. The number of nitrogens with zero attached hydrogens (tertiary/aromatic N) is 2. The van der Waals surface area contributed by atoms with Crippen molar-refractivity contribution in [2.75, 3.05) is 38.7 Å². The number of hydrogen-bond acceptors (Lipinski definition) is 4. The summed E-state index contributed by atoms with van der Waals surface area (Å²) in [4.78, 5) is 6.65. The van der Waals surface area contributed by atoms with Gasteiger partial charge in [0.2, 0.25) is 0 Å². The van der Waals surface area contributed by atoms with Crippen molar-refractivity contribution in [1.29, 1.82) is 0 Å². The molecule has 0 radical (unpaired) electrons. The highest BCUT2D eigenvalue weighted by Gasteiger charge is 2.10. The fourth-order valence-corrected chi connectivity index (χ4v) is 3.17. The van der Waals surface area contributed by atoms with Gasteiger partial charge in [-0.3, -0.25) is 4.99 Å². The van der Waals surface area contributed by atoms with Crippen molar-refractivity contribution >= 4 is 11.6 Å². The number of aliphatic imine (C=N–C) groups is 1. The highest BCUT2D eigenvalue weighted by atomic mass is 16.5. The number of nitrogens with one attached hydrogen (secondary N) is 2. The normalized spacial score (nSPS) is 14.6. The molecule has 6 nitrogen and oxygen atoms in total. The highest BCUT2D eigenvalue weighted by molar-refractivity contribution is 5.79. The van der Waals surface area contributed by atoms with Crippen LogP contribution < -0.4 is 25.0 Å². The zero-order chi connectivity index (χ0) is 20.5. The second kappa shape index (κ2) is 10.4. The molecule has 1 atom stereocenters. The molecule has 0 bridgehead atoms. The lowest BCUT2D eigenvalue weighted by Crippen LogP contribution is -2.41. The summed E-state index contributed by atoms with van der Waals surface area (Å²) in [6.45, 7) is 5.29. The second-order valence-electron chi connectivity index (χ2n) is 6.93. The van der Waals surface area contributed by atoms with Crippen molar-refractivity contribution in [2.45, 2.75) is 19.6 Å². The van der Waals surface area contributed by atoms with Crippen molar-refractivity contribution < 1.29 is 9.47 Å². The Labute approximate surface area is 173 Å². The molecule has 1 aliphatic heterocycles. The van der Waals surface area contributed by atoms with E-state index in [1.54, 1.807) is 14.2 Å². The molecular formula is C23H30N4O2. The molecule has 29 heavy (non-hydrogen) atoms. The van der Waals surface area contributed by atoms with Crippen molar-refractivity contribution in [1.82, 2.24) is 10.6 Å². The number of anilines is 1. The van der Waals surface area contributed by atoms with E-state index in [9.17, 15) is 0 Å². The molecule has 1 heterocycles. The van der Waals surface area contributed by atoms with Gasteiger partial charge in [-0.05, 0) is 36.8 Å². The maximum atomic E-state index is 5.99. The Morgan fingerprint density at radius 2 is 1.83 bits per heavy atom. The highest BCUT2D eigenvalue weighted by Crippen LogP contribution is 2.26. The van der Waals surface area contributed by atoms with Crippen LogP contribution >= 0.6 is 0 Å². The van der Waals surface area contributed by atoms with Crippen LogP contribution in [0.4, 0.5) is 5.69 Å². The summed E-state index contributed by atoms with van der Waals surface area (Å²) >= 11 is 0. The molecule has 6 heteroatoms. The monoisotopic (exact) mass is 394 g/mol. The summed E-state index contributed by atoms with van der Waals surface area (Å²) in [5.74, 6) is 2.21. The Bertz CT molecular complexity index is 842. The van der Waals surface area contributed by atoms with Crippen LogP contribution in [0.25, 0.3) is 0 Å². The third-order valence-electron chi connectivity index (χ3n) is 4.73. The van der Waals surface area contributed by atoms with E-state index in [0.29, 0.717) is 13.1 Å². The van der Waals surface area contributed by atoms with E-state index in [0.717, 1.165) is 30.5 Å². The molecule has 1 aliphatic rings. The molecule has 2 aromatic carbocycles. The van der Waals surface area contributed by atoms with Gasteiger partial charge in [0.25, 0.3) is 0 Å². The van der Waals surface area contributed by atoms with Crippen LogP contribution in [0.15, 0.2) is 65.7 Å². The summed E-state index contributed by atoms with van der Waals surface area (Å²) in [6.07, 6.45) is 4.35. The third kappa shape index (κ3) is 5.91. The van der Waals surface area contributed by atoms with Gasteiger partial charge in [-0.2, -0.15) is 0 Å². The Morgan fingerprint density at radius 3 is 2.55 bits per heavy atom. The number of methoxy groups -OCH3 is 1. The first-order chi connectivity index (χ1) is 14.2. The molecule has 0 amide bonds. The van der Waals surface area contributed by atoms with E-state index in [1.807, 2.05) is 31.2 Å². The van der Waals surface area contributed by atoms with E-state index in [2.05, 4.69) is 56.9 Å². The second-order valence-corrected chi connectivity index (χ2v) is 6.93. The Balaban J connectivity index is 1.47. The first-order valence-electron chi connectivity index (χ1n) is 9.92. The molecule has 3 rings (SSSR count). The van der Waals surface area contributed by atoms with E-state index >= 15 is 0 Å². The fourth-order valence-electron chi connectivity index (χ4n) is 3.17.